The van der Waals surface area contributed by atoms with E-state index < -0.39 is 5.91 Å². The van der Waals surface area contributed by atoms with Gasteiger partial charge in [-0.3, -0.25) is 14.2 Å². The van der Waals surface area contributed by atoms with Crippen LogP contribution in [-0.4, -0.2) is 35.9 Å². The number of nitrogens with one attached hydrogen (secondary N) is 1. The quantitative estimate of drug-likeness (QED) is 0.335. The Balaban J connectivity index is 1.53. The highest BCUT2D eigenvalue weighted by molar-refractivity contribution is 7.19. The van der Waals surface area contributed by atoms with Crippen molar-refractivity contribution in [3.05, 3.63) is 75.7 Å². The van der Waals surface area contributed by atoms with Crippen LogP contribution in [0.15, 0.2) is 64.8 Å². The predicted octanol–water partition coefficient (Wildman–Crippen LogP) is 3.60. The average Bonchev–Trinajstić information content (AvgIpc) is 3.18. The molecule has 2 heterocycles. The molecule has 1 amide bonds. The Labute approximate surface area is 194 Å². The number of carbonyl (C=O) groups is 1. The summed E-state index contributed by atoms with van der Waals surface area (Å²) >= 11 is 1.46. The maximum Gasteiger partial charge on any atom is 0.263 e. The molecule has 9 heteroatoms. The van der Waals surface area contributed by atoms with Gasteiger partial charge in [0.1, 0.15) is 11.4 Å². The van der Waals surface area contributed by atoms with Crippen molar-refractivity contribution >= 4 is 33.7 Å². The normalized spacial score (nSPS) is 11.1. The number of thiophene rings is 1. The van der Waals surface area contributed by atoms with Crippen molar-refractivity contribution in [2.24, 2.45) is 5.10 Å². The molecule has 0 aliphatic heterocycles. The summed E-state index contributed by atoms with van der Waals surface area (Å²) in [6, 6.07) is 15.0. The van der Waals surface area contributed by atoms with Crippen LogP contribution in [0.3, 0.4) is 0 Å². The molecule has 0 saturated carbocycles. The first-order chi connectivity index (χ1) is 16.0. The number of hydrogen-bond acceptors (Lipinski definition) is 7. The monoisotopic (exact) mass is 462 g/mol. The summed E-state index contributed by atoms with van der Waals surface area (Å²) in [5, 5.41) is 4.50. The van der Waals surface area contributed by atoms with Crippen LogP contribution in [0.1, 0.15) is 10.4 Å². The summed E-state index contributed by atoms with van der Waals surface area (Å²) in [7, 11) is 3.10. The molecule has 2 aromatic heterocycles. The molecule has 0 aliphatic carbocycles. The molecule has 0 unspecified atom stereocenters. The Bertz CT molecular complexity index is 1390. The number of aryl methyl sites for hydroxylation is 1. The number of fused-ring (bicyclic) bond motifs is 1. The van der Waals surface area contributed by atoms with E-state index in [0.29, 0.717) is 21.7 Å². The predicted molar refractivity (Wildman–Crippen MR) is 129 cm³/mol. The summed E-state index contributed by atoms with van der Waals surface area (Å²) < 4.78 is 11.8. The fraction of sp³-hybridized carbons (Fsp3) is 0.167. The fourth-order valence-electron chi connectivity index (χ4n) is 3.50. The van der Waals surface area contributed by atoms with Crippen molar-refractivity contribution in [1.29, 1.82) is 0 Å². The van der Waals surface area contributed by atoms with Gasteiger partial charge in [-0.25, -0.2) is 10.4 Å². The number of ether oxygens (including phenoxy) is 2. The van der Waals surface area contributed by atoms with Gasteiger partial charge in [0.15, 0.2) is 11.5 Å². The van der Waals surface area contributed by atoms with E-state index >= 15 is 0 Å². The molecular weight excluding hydrogens is 440 g/mol. The first-order valence-electron chi connectivity index (χ1n) is 10.1. The van der Waals surface area contributed by atoms with Crippen LogP contribution >= 0.6 is 11.3 Å². The number of hydrazone groups is 1. The summed E-state index contributed by atoms with van der Waals surface area (Å²) in [6.45, 7) is 1.77. The molecule has 0 atom stereocenters. The van der Waals surface area contributed by atoms with Crippen molar-refractivity contribution in [3.8, 4) is 22.6 Å². The first-order valence-corrected chi connectivity index (χ1v) is 10.9. The zero-order valence-electron chi connectivity index (χ0n) is 18.4. The summed E-state index contributed by atoms with van der Waals surface area (Å²) in [4.78, 5) is 31.7. The lowest BCUT2D eigenvalue weighted by atomic mass is 10.0. The Hall–Kier alpha value is -3.98. The second-order valence-corrected chi connectivity index (χ2v) is 8.37. The Kier molecular flexibility index (Phi) is 6.50. The van der Waals surface area contributed by atoms with Gasteiger partial charge in [-0.1, -0.05) is 30.3 Å². The molecule has 0 bridgehead atoms. The molecule has 168 valence electrons. The van der Waals surface area contributed by atoms with E-state index in [1.165, 1.54) is 28.4 Å². The number of hydrogen-bond donors (Lipinski definition) is 1. The van der Waals surface area contributed by atoms with Gasteiger partial charge < -0.3 is 9.47 Å². The SMILES string of the molecule is COc1ccc(/C=N\NC(=O)Cn2cnc3sc(C)c(-c4ccccc4)c3c2=O)cc1OC. The van der Waals surface area contributed by atoms with Crippen molar-refractivity contribution in [3.63, 3.8) is 0 Å². The lowest BCUT2D eigenvalue weighted by molar-refractivity contribution is -0.121. The van der Waals surface area contributed by atoms with Crippen LogP contribution in [0.5, 0.6) is 11.5 Å². The van der Waals surface area contributed by atoms with E-state index in [2.05, 4.69) is 15.5 Å². The minimum absolute atomic E-state index is 0.200. The second-order valence-electron chi connectivity index (χ2n) is 7.16. The number of nitrogens with zero attached hydrogens (tertiary/aromatic N) is 3. The van der Waals surface area contributed by atoms with E-state index in [1.807, 2.05) is 37.3 Å². The molecule has 4 rings (SSSR count). The standard InChI is InChI=1S/C24H22N4O4S/c1-15-21(17-7-5-4-6-8-17)22-23(33-15)25-14-28(24(22)30)13-20(29)27-26-12-16-9-10-18(31-2)19(11-16)32-3/h4-12,14H,13H2,1-3H3,(H,27,29)/b26-12-. The topological polar surface area (TPSA) is 94.8 Å². The summed E-state index contributed by atoms with van der Waals surface area (Å²) in [5.41, 5.74) is 4.70. The minimum Gasteiger partial charge on any atom is -0.493 e. The highest BCUT2D eigenvalue weighted by atomic mass is 32.1. The number of methoxy groups -OCH3 is 2. The van der Waals surface area contributed by atoms with Crippen LogP contribution in [0.25, 0.3) is 21.3 Å². The van der Waals surface area contributed by atoms with Gasteiger partial charge in [0.25, 0.3) is 11.5 Å². The molecular formula is C24H22N4O4S. The molecule has 2 aromatic carbocycles. The maximum atomic E-state index is 13.2. The summed E-state index contributed by atoms with van der Waals surface area (Å²) in [6.07, 6.45) is 2.88. The van der Waals surface area contributed by atoms with Gasteiger partial charge in [0.2, 0.25) is 0 Å². The van der Waals surface area contributed by atoms with Crippen molar-refractivity contribution in [2.75, 3.05) is 14.2 Å². The van der Waals surface area contributed by atoms with Gasteiger partial charge in [-0.05, 0) is 36.2 Å². The number of amides is 1. The number of benzene rings is 2. The van der Waals surface area contributed by atoms with Gasteiger partial charge >= 0.3 is 0 Å². The minimum atomic E-state index is -0.441. The van der Waals surface area contributed by atoms with Crippen LogP contribution in [-0.2, 0) is 11.3 Å². The third-order valence-corrected chi connectivity index (χ3v) is 6.05. The van der Waals surface area contributed by atoms with E-state index in [9.17, 15) is 9.59 Å². The molecule has 4 aromatic rings. The first kappa shape index (κ1) is 22.2. The lowest BCUT2D eigenvalue weighted by Gasteiger charge is -2.07. The van der Waals surface area contributed by atoms with E-state index in [4.69, 9.17) is 9.47 Å². The van der Waals surface area contributed by atoms with Crippen LogP contribution in [0.4, 0.5) is 0 Å². The van der Waals surface area contributed by atoms with Gasteiger partial charge in [-0.2, -0.15) is 5.10 Å². The smallest absolute Gasteiger partial charge is 0.263 e. The maximum absolute atomic E-state index is 13.2. The van der Waals surface area contributed by atoms with Crippen LogP contribution < -0.4 is 20.5 Å². The van der Waals surface area contributed by atoms with Crippen molar-refractivity contribution < 1.29 is 14.3 Å². The second kappa shape index (κ2) is 9.66. The van der Waals surface area contributed by atoms with Gasteiger partial charge in [-0.15, -0.1) is 11.3 Å². The third-order valence-electron chi connectivity index (χ3n) is 5.04. The van der Waals surface area contributed by atoms with Gasteiger partial charge in [0.05, 0.1) is 32.1 Å². The molecule has 0 saturated heterocycles. The van der Waals surface area contributed by atoms with E-state index in [-0.39, 0.29) is 12.1 Å². The molecule has 0 aliphatic rings. The molecule has 0 radical (unpaired) electrons. The number of carbonyl (C=O) groups excluding carboxylic acids is 1. The van der Waals surface area contributed by atoms with E-state index in [1.54, 1.807) is 32.4 Å². The highest BCUT2D eigenvalue weighted by Gasteiger charge is 2.17. The molecule has 1 N–H and O–H groups in total. The molecule has 33 heavy (non-hydrogen) atoms. The summed E-state index contributed by atoms with van der Waals surface area (Å²) in [5.74, 6) is 0.710. The molecule has 0 spiro atoms. The number of rotatable bonds is 7. The van der Waals surface area contributed by atoms with Crippen LogP contribution in [0, 0.1) is 6.92 Å². The number of aromatic nitrogens is 2. The average molecular weight is 463 g/mol. The van der Waals surface area contributed by atoms with Crippen molar-refractivity contribution in [1.82, 2.24) is 15.0 Å². The van der Waals surface area contributed by atoms with E-state index in [0.717, 1.165) is 21.6 Å². The Morgan fingerprint density at radius 1 is 1.15 bits per heavy atom. The lowest BCUT2D eigenvalue weighted by Crippen LogP contribution is -2.30. The zero-order valence-corrected chi connectivity index (χ0v) is 19.2. The fourth-order valence-corrected chi connectivity index (χ4v) is 4.51. The Morgan fingerprint density at radius 2 is 1.91 bits per heavy atom. The van der Waals surface area contributed by atoms with Crippen molar-refractivity contribution in [2.45, 2.75) is 13.5 Å². The van der Waals surface area contributed by atoms with Gasteiger partial charge in [0, 0.05) is 10.4 Å². The highest BCUT2D eigenvalue weighted by Crippen LogP contribution is 2.35. The Morgan fingerprint density at radius 3 is 2.64 bits per heavy atom. The third kappa shape index (κ3) is 4.63. The zero-order chi connectivity index (χ0) is 23.4. The largest absolute Gasteiger partial charge is 0.493 e. The molecule has 8 nitrogen and oxygen atoms in total. The molecule has 0 fully saturated rings. The van der Waals surface area contributed by atoms with Crippen LogP contribution in [0.2, 0.25) is 0 Å².